The predicted octanol–water partition coefficient (Wildman–Crippen LogP) is -12.5. The van der Waals surface area contributed by atoms with Gasteiger partial charge in [0, 0.05) is 83.4 Å². The summed E-state index contributed by atoms with van der Waals surface area (Å²) in [5.74, 6) is -2.78. The summed E-state index contributed by atoms with van der Waals surface area (Å²) in [5, 5.41) is 206. The molecule has 0 aromatic heterocycles. The van der Waals surface area contributed by atoms with Gasteiger partial charge in [-0.2, -0.15) is 5.06 Å². The van der Waals surface area contributed by atoms with Crippen LogP contribution in [-0.2, 0) is 57.4 Å². The molecule has 0 aromatic rings. The summed E-state index contributed by atoms with van der Waals surface area (Å²) in [6.45, 7) is 8.29. The van der Waals surface area contributed by atoms with Crippen molar-refractivity contribution in [3.8, 4) is 0 Å². The SMILES string of the molecule is COC(CNC(C)C)C(O)C(O)C(O)OC1C(N)CC(NC(=O)C(O)CCNCC(O)CON(C)COC(C)(C)CC(O)CN2CC3OOC(OC4C(N)CC(NC(=O)C(O)CCNC(C)C)C(OC5CC(CO)C(O)C2C5O)C4O)C(O)C3O)C(OC2OC(CO)C(O)C(N)C2O)C1O. The fourth-order valence-electron chi connectivity index (χ4n) is 13.4. The van der Waals surface area contributed by atoms with Crippen molar-refractivity contribution in [1.82, 2.24) is 36.5 Å². The molecule has 32 unspecified atom stereocenters. The van der Waals surface area contributed by atoms with Crippen molar-refractivity contribution in [2.45, 2.75) is 287 Å². The third-order valence-electron chi connectivity index (χ3n) is 19.2. The summed E-state index contributed by atoms with van der Waals surface area (Å²) in [5.41, 5.74) is 17.8. The van der Waals surface area contributed by atoms with E-state index in [1.165, 1.54) is 24.1 Å². The number of methoxy groups -OCH3 is 1. The molecule has 7 aliphatic rings. The van der Waals surface area contributed by atoms with Crippen molar-refractivity contribution in [2.75, 3.05) is 80.0 Å². The number of carbonyl (C=O) groups excluding carboxylic acids is 2. The molecule has 0 spiro atoms. The Hall–Kier alpha value is -2.46. The summed E-state index contributed by atoms with van der Waals surface area (Å²) < 4.78 is 41.1. The number of fused-ring (bicyclic) bond motifs is 3. The highest BCUT2D eigenvalue weighted by atomic mass is 17.2. The number of nitrogens with zero attached hydrogens (tertiary/aromatic N) is 2. The fraction of sp³-hybridized carbons (Fsp3) is 0.967. The number of hydrogen-bond donors (Lipinski definition) is 25. The first-order chi connectivity index (χ1) is 47.0. The minimum atomic E-state index is -2.18. The second-order valence-corrected chi connectivity index (χ2v) is 28.5. The molecule has 586 valence electrons. The van der Waals surface area contributed by atoms with Crippen molar-refractivity contribution in [2.24, 2.45) is 23.1 Å². The summed E-state index contributed by atoms with van der Waals surface area (Å²) >= 11 is 0. The maximum Gasteiger partial charge on any atom is 0.249 e. The number of nitrogens with one attached hydrogen (secondary N) is 5. The Kier molecular flexibility index (Phi) is 34.5. The van der Waals surface area contributed by atoms with E-state index in [-0.39, 0.29) is 90.1 Å². The minimum Gasteiger partial charge on any atom is -0.396 e. The second kappa shape index (κ2) is 39.9. The summed E-state index contributed by atoms with van der Waals surface area (Å²) in [6, 6.07) is -7.49. The molecule has 0 radical (unpaired) electrons. The van der Waals surface area contributed by atoms with Gasteiger partial charge in [-0.05, 0) is 59.0 Å². The number of amides is 2. The van der Waals surface area contributed by atoms with Crippen LogP contribution >= 0.6 is 0 Å². The average molecular weight is 1460 g/mol. The molecule has 7 rings (SSSR count). The Morgan fingerprint density at radius 1 is 0.660 bits per heavy atom. The quantitative estimate of drug-likeness (QED) is 0.0120. The van der Waals surface area contributed by atoms with Crippen LogP contribution in [0, 0.1) is 5.92 Å². The molecule has 32 atom stereocenters. The molecule has 7 fully saturated rings. The first-order valence-electron chi connectivity index (χ1n) is 34.3. The van der Waals surface area contributed by atoms with Gasteiger partial charge in [-0.1, -0.05) is 27.7 Å². The van der Waals surface area contributed by atoms with Crippen molar-refractivity contribution in [1.29, 1.82) is 0 Å². The Labute approximate surface area is 581 Å². The van der Waals surface area contributed by atoms with E-state index < -0.39 is 233 Å². The third-order valence-corrected chi connectivity index (χ3v) is 19.2. The van der Waals surface area contributed by atoms with Gasteiger partial charge in [0.2, 0.25) is 18.1 Å². The summed E-state index contributed by atoms with van der Waals surface area (Å²) in [4.78, 5) is 45.1. The molecular weight excluding hydrogens is 1340 g/mol. The smallest absolute Gasteiger partial charge is 0.249 e. The van der Waals surface area contributed by atoms with Crippen LogP contribution in [0.2, 0.25) is 0 Å². The molecule has 28 N–H and O–H groups in total. The Balaban J connectivity index is 1.02. The van der Waals surface area contributed by atoms with E-state index in [1.54, 1.807) is 13.8 Å². The van der Waals surface area contributed by atoms with Crippen LogP contribution in [0.25, 0.3) is 0 Å². The first kappa shape index (κ1) is 86.5. The molecule has 4 heterocycles. The Morgan fingerprint density at radius 2 is 1.30 bits per heavy atom. The lowest BCUT2D eigenvalue weighted by atomic mass is 9.77. The third kappa shape index (κ3) is 23.5. The number of aliphatic hydroxyl groups excluding tert-OH is 17. The van der Waals surface area contributed by atoms with Crippen molar-refractivity contribution in [3.05, 3.63) is 0 Å². The molecule has 2 amide bonds. The van der Waals surface area contributed by atoms with E-state index >= 15 is 0 Å². The van der Waals surface area contributed by atoms with E-state index in [9.17, 15) is 96.4 Å². The van der Waals surface area contributed by atoms with E-state index in [1.807, 2.05) is 27.7 Å². The highest BCUT2D eigenvalue weighted by molar-refractivity contribution is 5.81. The maximum absolute atomic E-state index is 13.6. The van der Waals surface area contributed by atoms with Gasteiger partial charge in [0.25, 0.3) is 0 Å². The molecule has 100 heavy (non-hydrogen) atoms. The maximum atomic E-state index is 13.6. The van der Waals surface area contributed by atoms with Gasteiger partial charge in [-0.25, -0.2) is 9.78 Å². The number of carbonyl (C=O) groups is 2. The lowest BCUT2D eigenvalue weighted by Gasteiger charge is -2.52. The van der Waals surface area contributed by atoms with Crippen LogP contribution in [0.4, 0.5) is 0 Å². The van der Waals surface area contributed by atoms with Crippen LogP contribution in [0.5, 0.6) is 0 Å². The minimum absolute atomic E-state index is 0.0292. The number of hydroxylamine groups is 2. The zero-order valence-corrected chi connectivity index (χ0v) is 58.1. The molecule has 3 aliphatic carbocycles. The lowest BCUT2D eigenvalue weighted by Crippen LogP contribution is -2.70. The van der Waals surface area contributed by atoms with Gasteiger partial charge in [0.15, 0.2) is 12.6 Å². The topological polar surface area (TPSA) is 615 Å². The zero-order chi connectivity index (χ0) is 74.4. The van der Waals surface area contributed by atoms with E-state index in [2.05, 4.69) is 26.6 Å². The highest BCUT2D eigenvalue weighted by Gasteiger charge is 2.56. The Bertz CT molecular complexity index is 2400. The van der Waals surface area contributed by atoms with E-state index in [0.29, 0.717) is 6.54 Å². The van der Waals surface area contributed by atoms with Crippen molar-refractivity contribution < 1.29 is 144 Å². The van der Waals surface area contributed by atoms with Gasteiger partial charge in [-0.15, -0.1) is 0 Å². The number of nitrogens with two attached hydrogens (primary N) is 3. The average Bonchev–Trinajstić information content (AvgIpc) is 0.771. The second-order valence-electron chi connectivity index (χ2n) is 28.5. The monoisotopic (exact) mass is 1450 g/mol. The van der Waals surface area contributed by atoms with E-state index in [0.717, 1.165) is 0 Å². The molecule has 39 nitrogen and oxygen atoms in total. The lowest BCUT2D eigenvalue weighted by molar-refractivity contribution is -0.467. The first-order valence-corrected chi connectivity index (χ1v) is 34.3. The standard InChI is InChI=1S/C61H118N10O29/c1-25(2)66-12-10-35(77)57(89)68-32-15-31(63)53-51(87)54(32)94-36-13-27(21-72)42(78)41(44(36)80)71(20-38-46(82)49(85)60(97-53)100-99-38)19-28(74)16-61(5,6)92-24-70(7)93-23-29(75)17-65-11-9-34(76)56(88)69-33-14-30(62)52(96-58(90)48(84)45(81)37(91-8)18-67-26(3)4)50(86)55(33)98-59-47(83)40(64)43(79)39(22-73)95-59/h25-55,58-60,65-67,72-87,90H,9-24,62-64H2,1-8H3,(H,68,89)(H,69,88). The Morgan fingerprint density at radius 3 is 1.93 bits per heavy atom. The summed E-state index contributed by atoms with van der Waals surface area (Å²) in [6.07, 6.45) is -40.9. The molecule has 6 bridgehead atoms. The molecule has 0 aromatic carbocycles. The molecule has 39 heteroatoms. The van der Waals surface area contributed by atoms with Crippen LogP contribution in [0.15, 0.2) is 0 Å². The molecular formula is C61H118N10O29. The van der Waals surface area contributed by atoms with Gasteiger partial charge in [0.05, 0.1) is 79.6 Å². The molecule has 4 saturated heterocycles. The van der Waals surface area contributed by atoms with E-state index in [4.69, 9.17) is 65.0 Å². The zero-order valence-electron chi connectivity index (χ0n) is 58.1. The largest absolute Gasteiger partial charge is 0.396 e. The van der Waals surface area contributed by atoms with Crippen LogP contribution in [0.3, 0.4) is 0 Å². The highest BCUT2D eigenvalue weighted by Crippen LogP contribution is 2.38. The van der Waals surface area contributed by atoms with Gasteiger partial charge >= 0.3 is 0 Å². The number of rotatable bonds is 36. The van der Waals surface area contributed by atoms with Gasteiger partial charge in [-0.3, -0.25) is 19.3 Å². The van der Waals surface area contributed by atoms with Crippen LogP contribution < -0.4 is 43.8 Å². The van der Waals surface area contributed by atoms with Crippen LogP contribution in [-0.4, -0.2) is 396 Å². The molecule has 3 saturated carbocycles. The van der Waals surface area contributed by atoms with Crippen LogP contribution in [0.1, 0.15) is 80.1 Å². The van der Waals surface area contributed by atoms with Gasteiger partial charge < -0.3 is 164 Å². The fourth-order valence-corrected chi connectivity index (χ4v) is 13.4. The van der Waals surface area contributed by atoms with Crippen molar-refractivity contribution in [3.63, 3.8) is 0 Å². The number of hydrogen-bond acceptors (Lipinski definition) is 37. The molecule has 4 aliphatic heterocycles. The van der Waals surface area contributed by atoms with Gasteiger partial charge in [0.1, 0.15) is 104 Å². The number of ether oxygens (including phenoxy) is 7. The predicted molar refractivity (Wildman–Crippen MR) is 344 cm³/mol. The normalized spacial score (nSPS) is 38.0. The summed E-state index contributed by atoms with van der Waals surface area (Å²) in [7, 11) is 2.78. The van der Waals surface area contributed by atoms with Crippen molar-refractivity contribution >= 4 is 11.8 Å². The number of aliphatic hydroxyl groups is 17.